The van der Waals surface area contributed by atoms with Crippen LogP contribution >= 0.6 is 11.3 Å². The highest BCUT2D eigenvalue weighted by molar-refractivity contribution is 7.16. The van der Waals surface area contributed by atoms with Crippen LogP contribution in [0.5, 0.6) is 0 Å². The number of carbonyl (C=O) groups excluding carboxylic acids is 2. The Balaban J connectivity index is 1.82. The van der Waals surface area contributed by atoms with Gasteiger partial charge in [-0.15, -0.1) is 0 Å². The van der Waals surface area contributed by atoms with Gasteiger partial charge < -0.3 is 14.0 Å². The summed E-state index contributed by atoms with van der Waals surface area (Å²) in [5.74, 6) is -0.493. The summed E-state index contributed by atoms with van der Waals surface area (Å²) in [4.78, 5) is 29.6. The SMILES string of the molecule is CCOCCn1c(=NC(=O)CCCc2ccccc2)sc2cc(C(=O)OCC)ccc21. The number of hydrogen-bond donors (Lipinski definition) is 0. The summed E-state index contributed by atoms with van der Waals surface area (Å²) >= 11 is 1.40. The maximum Gasteiger partial charge on any atom is 0.338 e. The first-order valence-corrected chi connectivity index (χ1v) is 11.4. The van der Waals surface area contributed by atoms with E-state index in [0.717, 1.165) is 23.1 Å². The van der Waals surface area contributed by atoms with Crippen molar-refractivity contribution in [1.29, 1.82) is 0 Å². The van der Waals surface area contributed by atoms with E-state index < -0.39 is 0 Å². The van der Waals surface area contributed by atoms with Gasteiger partial charge in [0.1, 0.15) is 0 Å². The fourth-order valence-corrected chi connectivity index (χ4v) is 4.38. The molecule has 3 rings (SSSR count). The second-order valence-corrected chi connectivity index (χ2v) is 7.99. The fourth-order valence-electron chi connectivity index (χ4n) is 3.27. The first-order valence-electron chi connectivity index (χ1n) is 10.6. The molecule has 164 valence electrons. The Bertz CT molecular complexity index is 1090. The van der Waals surface area contributed by atoms with Crippen molar-refractivity contribution in [1.82, 2.24) is 4.57 Å². The molecule has 0 spiro atoms. The van der Waals surface area contributed by atoms with Crippen LogP contribution in [0.2, 0.25) is 0 Å². The molecule has 6 nitrogen and oxygen atoms in total. The zero-order chi connectivity index (χ0) is 22.1. The van der Waals surface area contributed by atoms with Gasteiger partial charge in [0.15, 0.2) is 4.80 Å². The molecule has 31 heavy (non-hydrogen) atoms. The Labute approximate surface area is 186 Å². The summed E-state index contributed by atoms with van der Waals surface area (Å²) in [6.45, 7) is 5.79. The van der Waals surface area contributed by atoms with Gasteiger partial charge in [0.2, 0.25) is 5.91 Å². The minimum absolute atomic E-state index is 0.140. The molecule has 3 aromatic rings. The van der Waals surface area contributed by atoms with E-state index in [4.69, 9.17) is 9.47 Å². The first-order chi connectivity index (χ1) is 15.1. The smallest absolute Gasteiger partial charge is 0.338 e. The molecule has 0 aliphatic rings. The Morgan fingerprint density at radius 2 is 1.87 bits per heavy atom. The number of esters is 1. The van der Waals surface area contributed by atoms with Crippen LogP contribution in [0, 0.1) is 0 Å². The molecule has 0 bridgehead atoms. The average molecular weight is 441 g/mol. The van der Waals surface area contributed by atoms with E-state index in [9.17, 15) is 9.59 Å². The highest BCUT2D eigenvalue weighted by atomic mass is 32.1. The van der Waals surface area contributed by atoms with Crippen molar-refractivity contribution in [3.8, 4) is 0 Å². The van der Waals surface area contributed by atoms with Crippen molar-refractivity contribution in [2.24, 2.45) is 4.99 Å². The molecule has 0 aliphatic carbocycles. The number of fused-ring (bicyclic) bond motifs is 1. The number of aryl methyl sites for hydroxylation is 1. The summed E-state index contributed by atoms with van der Waals surface area (Å²) in [6, 6.07) is 15.6. The largest absolute Gasteiger partial charge is 0.462 e. The van der Waals surface area contributed by atoms with Gasteiger partial charge in [-0.2, -0.15) is 4.99 Å². The van der Waals surface area contributed by atoms with Gasteiger partial charge in [0.25, 0.3) is 0 Å². The van der Waals surface area contributed by atoms with E-state index in [1.807, 2.05) is 35.8 Å². The minimum Gasteiger partial charge on any atom is -0.462 e. The number of amides is 1. The first kappa shape index (κ1) is 22.9. The second kappa shape index (κ2) is 11.6. The number of nitrogens with zero attached hydrogens (tertiary/aromatic N) is 2. The highest BCUT2D eigenvalue weighted by Crippen LogP contribution is 2.20. The zero-order valence-corrected chi connectivity index (χ0v) is 18.8. The predicted octanol–water partition coefficient (Wildman–Crippen LogP) is 4.37. The Morgan fingerprint density at radius 3 is 2.61 bits per heavy atom. The predicted molar refractivity (Wildman–Crippen MR) is 122 cm³/mol. The molecule has 1 aromatic heterocycles. The lowest BCUT2D eigenvalue weighted by Crippen LogP contribution is -2.19. The van der Waals surface area contributed by atoms with Crippen molar-refractivity contribution in [2.75, 3.05) is 19.8 Å². The van der Waals surface area contributed by atoms with Crippen LogP contribution in [0.25, 0.3) is 10.2 Å². The molecule has 0 saturated carbocycles. The molecule has 7 heteroatoms. The summed E-state index contributed by atoms with van der Waals surface area (Å²) in [6.07, 6.45) is 1.99. The number of carbonyl (C=O) groups is 2. The van der Waals surface area contributed by atoms with Crippen molar-refractivity contribution in [3.05, 3.63) is 64.5 Å². The van der Waals surface area contributed by atoms with Crippen LogP contribution in [0.1, 0.15) is 42.6 Å². The number of aromatic nitrogens is 1. The topological polar surface area (TPSA) is 69.9 Å². The van der Waals surface area contributed by atoms with Crippen LogP contribution in [0.4, 0.5) is 0 Å². The summed E-state index contributed by atoms with van der Waals surface area (Å²) < 4.78 is 13.5. The Morgan fingerprint density at radius 1 is 1.06 bits per heavy atom. The monoisotopic (exact) mass is 440 g/mol. The maximum atomic E-state index is 12.5. The summed E-state index contributed by atoms with van der Waals surface area (Å²) in [7, 11) is 0. The molecule has 1 amide bonds. The third kappa shape index (κ3) is 6.35. The van der Waals surface area contributed by atoms with Crippen molar-refractivity contribution in [3.63, 3.8) is 0 Å². The molecular formula is C24H28N2O4S. The van der Waals surface area contributed by atoms with E-state index in [1.54, 1.807) is 19.1 Å². The Kier molecular flexibility index (Phi) is 8.55. The zero-order valence-electron chi connectivity index (χ0n) is 18.0. The Hall–Kier alpha value is -2.77. The lowest BCUT2D eigenvalue weighted by molar-refractivity contribution is -0.118. The van der Waals surface area contributed by atoms with E-state index in [0.29, 0.717) is 43.2 Å². The molecule has 0 fully saturated rings. The third-order valence-corrected chi connectivity index (χ3v) is 5.82. The van der Waals surface area contributed by atoms with Gasteiger partial charge >= 0.3 is 5.97 Å². The number of thiazole rings is 1. The van der Waals surface area contributed by atoms with Gasteiger partial charge in [0.05, 0.1) is 29.0 Å². The maximum absolute atomic E-state index is 12.5. The molecule has 0 N–H and O–H groups in total. The minimum atomic E-state index is -0.353. The molecule has 0 aliphatic heterocycles. The van der Waals surface area contributed by atoms with Crippen molar-refractivity contribution in [2.45, 2.75) is 39.7 Å². The second-order valence-electron chi connectivity index (χ2n) is 6.98. The van der Waals surface area contributed by atoms with Gasteiger partial charge in [-0.3, -0.25) is 4.79 Å². The molecule has 0 atom stereocenters. The molecule has 0 unspecified atom stereocenters. The number of rotatable bonds is 10. The number of benzene rings is 2. The summed E-state index contributed by atoms with van der Waals surface area (Å²) in [5, 5.41) is 0. The normalized spacial score (nSPS) is 11.7. The van der Waals surface area contributed by atoms with Crippen LogP contribution in [-0.2, 0) is 27.2 Å². The highest BCUT2D eigenvalue weighted by Gasteiger charge is 2.12. The van der Waals surface area contributed by atoms with Crippen molar-refractivity contribution >= 4 is 33.4 Å². The van der Waals surface area contributed by atoms with Gasteiger partial charge in [-0.25, -0.2) is 4.79 Å². The molecule has 1 heterocycles. The van der Waals surface area contributed by atoms with E-state index in [1.165, 1.54) is 16.9 Å². The number of hydrogen-bond acceptors (Lipinski definition) is 5. The molecule has 0 radical (unpaired) electrons. The third-order valence-electron chi connectivity index (χ3n) is 4.78. The quantitative estimate of drug-likeness (QED) is 0.347. The lowest BCUT2D eigenvalue weighted by atomic mass is 10.1. The summed E-state index contributed by atoms with van der Waals surface area (Å²) in [5.41, 5.74) is 2.64. The fraction of sp³-hybridized carbons (Fsp3) is 0.375. The lowest BCUT2D eigenvalue weighted by Gasteiger charge is -2.06. The number of ether oxygens (including phenoxy) is 2. The molecule has 2 aromatic carbocycles. The molecule has 0 saturated heterocycles. The van der Waals surface area contributed by atoms with Crippen molar-refractivity contribution < 1.29 is 19.1 Å². The van der Waals surface area contributed by atoms with Gasteiger partial charge in [0, 0.05) is 19.6 Å². The molecular weight excluding hydrogens is 412 g/mol. The van der Waals surface area contributed by atoms with Crippen LogP contribution in [0.3, 0.4) is 0 Å². The van der Waals surface area contributed by atoms with Crippen LogP contribution < -0.4 is 4.80 Å². The van der Waals surface area contributed by atoms with E-state index >= 15 is 0 Å². The van der Waals surface area contributed by atoms with Gasteiger partial charge in [-0.05, 0) is 50.5 Å². The standard InChI is InChI=1S/C24H28N2O4S/c1-3-29-16-15-26-20-14-13-19(23(28)30-4-2)17-21(20)31-24(26)25-22(27)12-8-11-18-9-6-5-7-10-18/h5-7,9-10,13-14,17H,3-4,8,11-12,15-16H2,1-2H3. The van der Waals surface area contributed by atoms with E-state index in [-0.39, 0.29) is 11.9 Å². The van der Waals surface area contributed by atoms with Crippen LogP contribution in [-0.4, -0.2) is 36.3 Å². The van der Waals surface area contributed by atoms with Crippen LogP contribution in [0.15, 0.2) is 53.5 Å². The van der Waals surface area contributed by atoms with Gasteiger partial charge in [-0.1, -0.05) is 41.7 Å². The van der Waals surface area contributed by atoms with E-state index in [2.05, 4.69) is 17.1 Å². The average Bonchev–Trinajstić information content (AvgIpc) is 3.11.